The summed E-state index contributed by atoms with van der Waals surface area (Å²) in [4.78, 5) is 18.9. The highest BCUT2D eigenvalue weighted by atomic mass is 35.5. The lowest BCUT2D eigenvalue weighted by Gasteiger charge is -1.98. The molecule has 0 bridgehead atoms. The zero-order valence-electron chi connectivity index (χ0n) is 7.40. The summed E-state index contributed by atoms with van der Waals surface area (Å²) < 4.78 is 0. The van der Waals surface area contributed by atoms with Crippen LogP contribution in [0.4, 0.5) is 0 Å². The summed E-state index contributed by atoms with van der Waals surface area (Å²) in [7, 11) is 0. The first-order valence-corrected chi connectivity index (χ1v) is 3.98. The summed E-state index contributed by atoms with van der Waals surface area (Å²) >= 11 is 5.63. The SMILES string of the molecule is Cc1cc(Cl)ccc1C(=O)O.O=CO. The standard InChI is InChI=1S/C8H7ClO2.CH2O2/c1-5-4-6(9)2-3-7(5)8(10)11;2-1-3/h2-4H,1H3,(H,10,11);1H,(H,2,3). The van der Waals surface area contributed by atoms with Gasteiger partial charge in [-0.1, -0.05) is 11.6 Å². The van der Waals surface area contributed by atoms with Crippen molar-refractivity contribution in [1.82, 2.24) is 0 Å². The Morgan fingerprint density at radius 1 is 1.50 bits per heavy atom. The molecule has 0 saturated heterocycles. The van der Waals surface area contributed by atoms with Crippen LogP contribution < -0.4 is 0 Å². The maximum atomic E-state index is 10.5. The molecule has 0 unspecified atom stereocenters. The van der Waals surface area contributed by atoms with Crippen molar-refractivity contribution < 1.29 is 19.8 Å². The summed E-state index contributed by atoms with van der Waals surface area (Å²) in [5.41, 5.74) is 0.986. The Morgan fingerprint density at radius 2 is 2.00 bits per heavy atom. The van der Waals surface area contributed by atoms with Crippen LogP contribution in [0.5, 0.6) is 0 Å². The molecule has 2 N–H and O–H groups in total. The fourth-order valence-corrected chi connectivity index (χ4v) is 1.09. The second-order valence-electron chi connectivity index (χ2n) is 2.37. The number of hydrogen-bond donors (Lipinski definition) is 2. The molecule has 0 aromatic heterocycles. The van der Waals surface area contributed by atoms with Crippen molar-refractivity contribution in [2.24, 2.45) is 0 Å². The van der Waals surface area contributed by atoms with Gasteiger partial charge in [0.25, 0.3) is 6.47 Å². The molecule has 0 fully saturated rings. The van der Waals surface area contributed by atoms with E-state index in [1.54, 1.807) is 19.1 Å². The Bertz CT molecular complexity index is 336. The molecule has 0 amide bonds. The first-order valence-electron chi connectivity index (χ1n) is 3.60. The number of benzene rings is 1. The largest absolute Gasteiger partial charge is 0.483 e. The van der Waals surface area contributed by atoms with Gasteiger partial charge in [-0.15, -0.1) is 0 Å². The zero-order valence-corrected chi connectivity index (χ0v) is 8.15. The molecule has 0 atom stereocenters. The summed E-state index contributed by atoms with van der Waals surface area (Å²) in [6.45, 7) is 1.47. The summed E-state index contributed by atoms with van der Waals surface area (Å²) in [5, 5.41) is 16.1. The average molecular weight is 217 g/mol. The van der Waals surface area contributed by atoms with Gasteiger partial charge in [0.15, 0.2) is 0 Å². The van der Waals surface area contributed by atoms with E-state index in [1.807, 2.05) is 0 Å². The molecule has 4 nitrogen and oxygen atoms in total. The molecule has 0 heterocycles. The minimum atomic E-state index is -0.917. The molecule has 1 aromatic rings. The molecule has 1 rings (SSSR count). The third-order valence-corrected chi connectivity index (χ3v) is 1.65. The molecule has 14 heavy (non-hydrogen) atoms. The van der Waals surface area contributed by atoms with Crippen LogP contribution in [0.3, 0.4) is 0 Å². The van der Waals surface area contributed by atoms with Crippen LogP contribution >= 0.6 is 11.6 Å². The van der Waals surface area contributed by atoms with Crippen LogP contribution in [0.2, 0.25) is 5.02 Å². The summed E-state index contributed by atoms with van der Waals surface area (Å²) in [6.07, 6.45) is 0. The number of carboxylic acid groups (broad SMARTS) is 2. The lowest BCUT2D eigenvalue weighted by Crippen LogP contribution is -1.98. The van der Waals surface area contributed by atoms with E-state index in [0.29, 0.717) is 16.1 Å². The van der Waals surface area contributed by atoms with Gasteiger partial charge in [-0.2, -0.15) is 0 Å². The van der Waals surface area contributed by atoms with E-state index < -0.39 is 5.97 Å². The summed E-state index contributed by atoms with van der Waals surface area (Å²) in [5.74, 6) is -0.917. The minimum Gasteiger partial charge on any atom is -0.483 e. The Kier molecular flexibility index (Phi) is 5.33. The van der Waals surface area contributed by atoms with Crippen molar-refractivity contribution in [3.05, 3.63) is 34.3 Å². The van der Waals surface area contributed by atoms with Gasteiger partial charge in [0.05, 0.1) is 5.56 Å². The smallest absolute Gasteiger partial charge is 0.335 e. The quantitative estimate of drug-likeness (QED) is 0.705. The molecule has 5 heteroatoms. The lowest BCUT2D eigenvalue weighted by molar-refractivity contribution is -0.122. The number of carbonyl (C=O) groups is 2. The van der Waals surface area contributed by atoms with Crippen molar-refractivity contribution in [3.8, 4) is 0 Å². The third-order valence-electron chi connectivity index (χ3n) is 1.42. The number of halogens is 1. The van der Waals surface area contributed by atoms with Gasteiger partial charge < -0.3 is 10.2 Å². The second kappa shape index (κ2) is 5.99. The number of carboxylic acids is 1. The predicted octanol–water partition coefficient (Wildman–Crippen LogP) is 2.05. The van der Waals surface area contributed by atoms with Crippen molar-refractivity contribution in [2.75, 3.05) is 0 Å². The monoisotopic (exact) mass is 216 g/mol. The van der Waals surface area contributed by atoms with E-state index in [2.05, 4.69) is 0 Å². The first kappa shape index (κ1) is 12.4. The number of hydrogen-bond acceptors (Lipinski definition) is 2. The topological polar surface area (TPSA) is 74.6 Å². The first-order chi connectivity index (χ1) is 6.52. The van der Waals surface area contributed by atoms with Gasteiger partial charge in [0.2, 0.25) is 0 Å². The molecule has 0 aliphatic carbocycles. The number of aromatic carboxylic acids is 1. The van der Waals surface area contributed by atoms with Gasteiger partial charge >= 0.3 is 5.97 Å². The van der Waals surface area contributed by atoms with E-state index in [9.17, 15) is 4.79 Å². The van der Waals surface area contributed by atoms with Crippen LogP contribution in [0.25, 0.3) is 0 Å². The minimum absolute atomic E-state index is 0.250. The molecule has 0 aliphatic rings. The second-order valence-corrected chi connectivity index (χ2v) is 2.81. The molecule has 0 radical (unpaired) electrons. The molecule has 1 aromatic carbocycles. The van der Waals surface area contributed by atoms with Crippen LogP contribution in [0.15, 0.2) is 18.2 Å². The Labute approximate surface area is 85.7 Å². The fourth-order valence-electron chi connectivity index (χ4n) is 0.867. The maximum absolute atomic E-state index is 10.5. The Hall–Kier alpha value is -1.55. The zero-order chi connectivity index (χ0) is 11.1. The van der Waals surface area contributed by atoms with E-state index in [0.717, 1.165) is 0 Å². The van der Waals surface area contributed by atoms with Gasteiger partial charge in [0.1, 0.15) is 0 Å². The van der Waals surface area contributed by atoms with Gasteiger partial charge in [-0.25, -0.2) is 4.79 Å². The van der Waals surface area contributed by atoms with Crippen molar-refractivity contribution in [3.63, 3.8) is 0 Å². The van der Waals surface area contributed by atoms with Gasteiger partial charge in [0, 0.05) is 5.02 Å². The molecular formula is C9H9ClO4. The fraction of sp³-hybridized carbons (Fsp3) is 0.111. The van der Waals surface area contributed by atoms with Gasteiger partial charge in [-0.05, 0) is 30.7 Å². The third kappa shape index (κ3) is 3.91. The number of rotatable bonds is 1. The van der Waals surface area contributed by atoms with Crippen LogP contribution in [-0.2, 0) is 4.79 Å². The molecule has 0 aliphatic heterocycles. The average Bonchev–Trinajstić information content (AvgIpc) is 2.04. The maximum Gasteiger partial charge on any atom is 0.335 e. The molecule has 0 saturated carbocycles. The molecular weight excluding hydrogens is 208 g/mol. The van der Waals surface area contributed by atoms with Crippen molar-refractivity contribution >= 4 is 24.0 Å². The molecule has 76 valence electrons. The van der Waals surface area contributed by atoms with Crippen LogP contribution in [-0.4, -0.2) is 22.7 Å². The lowest BCUT2D eigenvalue weighted by atomic mass is 10.1. The van der Waals surface area contributed by atoms with E-state index in [4.69, 9.17) is 26.6 Å². The van der Waals surface area contributed by atoms with Crippen molar-refractivity contribution in [2.45, 2.75) is 6.92 Å². The highest BCUT2D eigenvalue weighted by Crippen LogP contribution is 2.14. The van der Waals surface area contributed by atoms with E-state index in [-0.39, 0.29) is 6.47 Å². The van der Waals surface area contributed by atoms with Crippen LogP contribution in [0.1, 0.15) is 15.9 Å². The van der Waals surface area contributed by atoms with E-state index in [1.165, 1.54) is 6.07 Å². The van der Waals surface area contributed by atoms with Crippen LogP contribution in [0, 0.1) is 6.92 Å². The van der Waals surface area contributed by atoms with Crippen molar-refractivity contribution in [1.29, 1.82) is 0 Å². The van der Waals surface area contributed by atoms with Gasteiger partial charge in [-0.3, -0.25) is 4.79 Å². The Morgan fingerprint density at radius 3 is 2.36 bits per heavy atom. The molecule has 0 spiro atoms. The Balaban J connectivity index is 0.000000500. The predicted molar refractivity (Wildman–Crippen MR) is 51.8 cm³/mol. The summed E-state index contributed by atoms with van der Waals surface area (Å²) in [6, 6.07) is 4.70. The highest BCUT2D eigenvalue weighted by Gasteiger charge is 2.05. The number of aryl methyl sites for hydroxylation is 1. The highest BCUT2D eigenvalue weighted by molar-refractivity contribution is 6.30. The van der Waals surface area contributed by atoms with E-state index >= 15 is 0 Å². The normalized spacial score (nSPS) is 8.43.